The Balaban J connectivity index is 1.76. The first-order valence-electron chi connectivity index (χ1n) is 8.39. The highest BCUT2D eigenvalue weighted by Gasteiger charge is 2.11. The highest BCUT2D eigenvalue weighted by Crippen LogP contribution is 2.33. The molecular formula is C21H15N5. The van der Waals surface area contributed by atoms with Crippen LogP contribution in [0.1, 0.15) is 5.56 Å². The van der Waals surface area contributed by atoms with Gasteiger partial charge in [-0.2, -0.15) is 0 Å². The molecule has 0 unspecified atom stereocenters. The van der Waals surface area contributed by atoms with E-state index in [-0.39, 0.29) is 0 Å². The topological polar surface area (TPSA) is 67.3 Å². The lowest BCUT2D eigenvalue weighted by Crippen LogP contribution is -1.90. The Morgan fingerprint density at radius 1 is 0.808 bits per heavy atom. The Bertz CT molecular complexity index is 1240. The third kappa shape index (κ3) is 2.25. The lowest BCUT2D eigenvalue weighted by atomic mass is 9.96. The molecule has 5 rings (SSSR count). The minimum atomic E-state index is 0.742. The number of aromatic amines is 1. The molecule has 124 valence electrons. The van der Waals surface area contributed by atoms with Crippen molar-refractivity contribution in [1.82, 2.24) is 24.9 Å². The molecule has 0 amide bonds. The van der Waals surface area contributed by atoms with Crippen LogP contribution in [0, 0.1) is 6.92 Å². The number of H-pyrrole nitrogens is 1. The summed E-state index contributed by atoms with van der Waals surface area (Å²) >= 11 is 0. The lowest BCUT2D eigenvalue weighted by molar-refractivity contribution is 1.30. The Morgan fingerprint density at radius 2 is 1.69 bits per heavy atom. The zero-order valence-electron chi connectivity index (χ0n) is 14.1. The number of rotatable bonds is 2. The van der Waals surface area contributed by atoms with E-state index in [0.29, 0.717) is 0 Å². The molecule has 5 heteroatoms. The Hall–Kier alpha value is -3.60. The Morgan fingerprint density at radius 3 is 2.58 bits per heavy atom. The number of fused-ring (bicyclic) bond motifs is 2. The van der Waals surface area contributed by atoms with E-state index in [0.717, 1.165) is 49.9 Å². The van der Waals surface area contributed by atoms with Crippen molar-refractivity contribution < 1.29 is 0 Å². The molecule has 0 saturated heterocycles. The molecule has 0 bridgehead atoms. The summed E-state index contributed by atoms with van der Waals surface area (Å²) in [5.41, 5.74) is 8.30. The van der Waals surface area contributed by atoms with E-state index in [9.17, 15) is 0 Å². The first-order chi connectivity index (χ1) is 12.8. The SMILES string of the molecule is Cc1c(-c2ccc3nccc(-c4ccncc4)c3c2)cnc2nc[nH]c12. The van der Waals surface area contributed by atoms with E-state index in [1.165, 1.54) is 0 Å². The summed E-state index contributed by atoms with van der Waals surface area (Å²) in [4.78, 5) is 20.5. The third-order valence-electron chi connectivity index (χ3n) is 4.76. The molecule has 26 heavy (non-hydrogen) atoms. The number of nitrogens with zero attached hydrogens (tertiary/aromatic N) is 4. The normalized spacial score (nSPS) is 11.3. The fraction of sp³-hybridized carbons (Fsp3) is 0.0476. The number of hydrogen-bond donors (Lipinski definition) is 1. The number of aryl methyl sites for hydroxylation is 1. The Kier molecular flexibility index (Phi) is 3.25. The van der Waals surface area contributed by atoms with Crippen molar-refractivity contribution in [3.63, 3.8) is 0 Å². The number of benzene rings is 1. The zero-order chi connectivity index (χ0) is 17.5. The summed E-state index contributed by atoms with van der Waals surface area (Å²) in [6.07, 6.45) is 9.04. The van der Waals surface area contributed by atoms with E-state index in [2.05, 4.69) is 50.0 Å². The number of hydrogen-bond acceptors (Lipinski definition) is 4. The van der Waals surface area contributed by atoms with Crippen LogP contribution in [-0.2, 0) is 0 Å². The smallest absolute Gasteiger partial charge is 0.177 e. The molecule has 0 aliphatic heterocycles. The first-order valence-corrected chi connectivity index (χ1v) is 8.39. The molecule has 5 aromatic rings. The van der Waals surface area contributed by atoms with Crippen LogP contribution >= 0.6 is 0 Å². The molecule has 4 heterocycles. The van der Waals surface area contributed by atoms with Crippen molar-refractivity contribution in [3.8, 4) is 22.3 Å². The van der Waals surface area contributed by atoms with Crippen molar-refractivity contribution in [2.75, 3.05) is 0 Å². The fourth-order valence-corrected chi connectivity index (χ4v) is 3.41. The first kappa shape index (κ1) is 14.7. The minimum absolute atomic E-state index is 0.742. The van der Waals surface area contributed by atoms with Gasteiger partial charge in [0.1, 0.15) is 0 Å². The van der Waals surface area contributed by atoms with Crippen LogP contribution in [0.3, 0.4) is 0 Å². The molecule has 0 atom stereocenters. The summed E-state index contributed by atoms with van der Waals surface area (Å²) in [6.45, 7) is 2.09. The van der Waals surface area contributed by atoms with E-state index in [1.807, 2.05) is 43.0 Å². The maximum absolute atomic E-state index is 4.52. The predicted molar refractivity (Wildman–Crippen MR) is 103 cm³/mol. The van der Waals surface area contributed by atoms with Gasteiger partial charge < -0.3 is 4.98 Å². The number of nitrogens with one attached hydrogen (secondary N) is 1. The molecule has 1 aromatic carbocycles. The summed E-state index contributed by atoms with van der Waals surface area (Å²) < 4.78 is 0. The van der Waals surface area contributed by atoms with Gasteiger partial charge >= 0.3 is 0 Å². The Labute approximate surface area is 149 Å². The van der Waals surface area contributed by atoms with Crippen LogP contribution in [0.4, 0.5) is 0 Å². The van der Waals surface area contributed by atoms with Crippen molar-refractivity contribution >= 4 is 22.1 Å². The van der Waals surface area contributed by atoms with Gasteiger partial charge in [0.2, 0.25) is 0 Å². The summed E-state index contributed by atoms with van der Waals surface area (Å²) in [5, 5.41) is 1.11. The van der Waals surface area contributed by atoms with Gasteiger partial charge in [-0.1, -0.05) is 6.07 Å². The maximum atomic E-state index is 4.52. The molecular weight excluding hydrogens is 322 g/mol. The predicted octanol–water partition coefficient (Wildman–Crippen LogP) is 4.54. The standard InChI is InChI=1S/C21H15N5/c1-13-18(11-24-21-20(13)25-12-26-21)15-2-3-19-17(10-15)16(6-9-23-19)14-4-7-22-8-5-14/h2-12H,1H3,(H,24,25,26). The van der Waals surface area contributed by atoms with Gasteiger partial charge in [-0.15, -0.1) is 0 Å². The van der Waals surface area contributed by atoms with E-state index < -0.39 is 0 Å². The maximum Gasteiger partial charge on any atom is 0.177 e. The molecule has 0 radical (unpaired) electrons. The van der Waals surface area contributed by atoms with E-state index >= 15 is 0 Å². The van der Waals surface area contributed by atoms with Gasteiger partial charge in [-0.05, 0) is 59.5 Å². The molecule has 5 nitrogen and oxygen atoms in total. The molecule has 0 aliphatic carbocycles. The van der Waals surface area contributed by atoms with Crippen LogP contribution in [0.15, 0.2) is 67.5 Å². The number of aromatic nitrogens is 5. The number of pyridine rings is 3. The fourth-order valence-electron chi connectivity index (χ4n) is 3.41. The van der Waals surface area contributed by atoms with Gasteiger partial charge in [0.15, 0.2) is 5.65 Å². The van der Waals surface area contributed by atoms with Crippen molar-refractivity contribution in [2.45, 2.75) is 6.92 Å². The largest absolute Gasteiger partial charge is 0.343 e. The van der Waals surface area contributed by atoms with Crippen LogP contribution in [-0.4, -0.2) is 24.9 Å². The summed E-state index contributed by atoms with van der Waals surface area (Å²) in [5.74, 6) is 0. The average Bonchev–Trinajstić information content (AvgIpc) is 3.18. The van der Waals surface area contributed by atoms with Crippen LogP contribution in [0.25, 0.3) is 44.3 Å². The second-order valence-corrected chi connectivity index (χ2v) is 6.22. The van der Waals surface area contributed by atoms with E-state index in [1.54, 1.807) is 6.33 Å². The molecule has 0 fully saturated rings. The van der Waals surface area contributed by atoms with Crippen molar-refractivity contribution in [1.29, 1.82) is 0 Å². The highest BCUT2D eigenvalue weighted by atomic mass is 14.9. The summed E-state index contributed by atoms with van der Waals surface area (Å²) in [6, 6.07) is 12.4. The molecule has 0 aliphatic rings. The molecule has 0 saturated carbocycles. The molecule has 0 spiro atoms. The molecule has 4 aromatic heterocycles. The van der Waals surface area contributed by atoms with E-state index in [4.69, 9.17) is 0 Å². The zero-order valence-corrected chi connectivity index (χ0v) is 14.1. The average molecular weight is 337 g/mol. The summed E-state index contributed by atoms with van der Waals surface area (Å²) in [7, 11) is 0. The lowest BCUT2D eigenvalue weighted by Gasteiger charge is -2.10. The molecule has 1 N–H and O–H groups in total. The second-order valence-electron chi connectivity index (χ2n) is 6.22. The van der Waals surface area contributed by atoms with Crippen molar-refractivity contribution in [3.05, 3.63) is 73.1 Å². The highest BCUT2D eigenvalue weighted by molar-refractivity contribution is 5.97. The second kappa shape index (κ2) is 5.74. The minimum Gasteiger partial charge on any atom is -0.343 e. The van der Waals surface area contributed by atoms with Gasteiger partial charge in [0, 0.05) is 35.7 Å². The monoisotopic (exact) mass is 337 g/mol. The van der Waals surface area contributed by atoms with Gasteiger partial charge in [0.25, 0.3) is 0 Å². The van der Waals surface area contributed by atoms with Crippen molar-refractivity contribution in [2.24, 2.45) is 0 Å². The van der Waals surface area contributed by atoms with Gasteiger partial charge in [0.05, 0.1) is 17.4 Å². The van der Waals surface area contributed by atoms with Crippen LogP contribution in [0.5, 0.6) is 0 Å². The van der Waals surface area contributed by atoms with Crippen LogP contribution < -0.4 is 0 Å². The third-order valence-corrected chi connectivity index (χ3v) is 4.76. The number of imidazole rings is 1. The van der Waals surface area contributed by atoms with Crippen LogP contribution in [0.2, 0.25) is 0 Å². The quantitative estimate of drug-likeness (QED) is 0.513. The van der Waals surface area contributed by atoms with Gasteiger partial charge in [-0.25, -0.2) is 9.97 Å². The van der Waals surface area contributed by atoms with Gasteiger partial charge in [-0.3, -0.25) is 9.97 Å².